The first kappa shape index (κ1) is 19.5. The fraction of sp³-hybridized carbons (Fsp3) is 0.250. The lowest BCUT2D eigenvalue weighted by molar-refractivity contribution is -0.117. The molecule has 3 N–H and O–H groups in total. The number of amides is 3. The molecular weight excluding hydrogens is 363 g/mol. The molecule has 1 heterocycles. The van der Waals surface area contributed by atoms with Crippen LogP contribution >= 0.6 is 0 Å². The van der Waals surface area contributed by atoms with Crippen LogP contribution in [0.4, 0.5) is 10.1 Å². The molecule has 7 nitrogen and oxygen atoms in total. The Hall–Kier alpha value is -3.26. The van der Waals surface area contributed by atoms with Crippen molar-refractivity contribution in [3.05, 3.63) is 65.5 Å². The minimum atomic E-state index is -0.608. The van der Waals surface area contributed by atoms with Crippen LogP contribution in [0.2, 0.25) is 0 Å². The predicted octanol–water partition coefficient (Wildman–Crippen LogP) is 1.32. The van der Waals surface area contributed by atoms with Crippen LogP contribution in [0.3, 0.4) is 0 Å². The minimum Gasteiger partial charge on any atom is -0.366 e. The smallest absolute Gasteiger partial charge is 0.253 e. The molecule has 0 aliphatic carbocycles. The number of carbonyl (C=O) groups is 3. The Morgan fingerprint density at radius 1 is 0.964 bits per heavy atom. The molecule has 0 atom stereocenters. The SMILES string of the molecule is NC(=O)c1ccccc1NC(=O)CN1CCN(C(=O)c2ccc(F)cc2)CC1. The number of nitrogens with two attached hydrogens (primary N) is 1. The lowest BCUT2D eigenvalue weighted by Crippen LogP contribution is -2.50. The van der Waals surface area contributed by atoms with Crippen molar-refractivity contribution in [2.45, 2.75) is 0 Å². The number of para-hydroxylation sites is 1. The predicted molar refractivity (Wildman–Crippen MR) is 102 cm³/mol. The van der Waals surface area contributed by atoms with Crippen molar-refractivity contribution < 1.29 is 18.8 Å². The molecule has 146 valence electrons. The fourth-order valence-electron chi connectivity index (χ4n) is 3.08. The molecule has 8 heteroatoms. The molecule has 0 unspecified atom stereocenters. The monoisotopic (exact) mass is 384 g/mol. The highest BCUT2D eigenvalue weighted by atomic mass is 19.1. The van der Waals surface area contributed by atoms with Gasteiger partial charge in [-0.05, 0) is 36.4 Å². The maximum absolute atomic E-state index is 13.0. The van der Waals surface area contributed by atoms with Crippen LogP contribution in [0.5, 0.6) is 0 Å². The highest BCUT2D eigenvalue weighted by Crippen LogP contribution is 2.15. The Bertz CT molecular complexity index is 877. The van der Waals surface area contributed by atoms with Gasteiger partial charge in [0, 0.05) is 31.7 Å². The molecule has 3 amide bonds. The van der Waals surface area contributed by atoms with E-state index in [9.17, 15) is 18.8 Å². The number of primary amides is 1. The highest BCUT2D eigenvalue weighted by molar-refractivity contribution is 6.03. The summed E-state index contributed by atoms with van der Waals surface area (Å²) in [6.45, 7) is 2.17. The Morgan fingerprint density at radius 2 is 1.61 bits per heavy atom. The number of anilines is 1. The number of benzene rings is 2. The Morgan fingerprint density at radius 3 is 2.25 bits per heavy atom. The molecule has 1 aliphatic heterocycles. The van der Waals surface area contributed by atoms with E-state index >= 15 is 0 Å². The van der Waals surface area contributed by atoms with Crippen LogP contribution in [0.25, 0.3) is 0 Å². The summed E-state index contributed by atoms with van der Waals surface area (Å²) in [5.74, 6) is -1.40. The van der Waals surface area contributed by atoms with E-state index in [-0.39, 0.29) is 29.7 Å². The second-order valence-corrected chi connectivity index (χ2v) is 6.53. The zero-order valence-corrected chi connectivity index (χ0v) is 15.2. The average Bonchev–Trinajstić information content (AvgIpc) is 2.69. The summed E-state index contributed by atoms with van der Waals surface area (Å²) >= 11 is 0. The second kappa shape index (κ2) is 8.62. The van der Waals surface area contributed by atoms with Crippen LogP contribution in [0.1, 0.15) is 20.7 Å². The van der Waals surface area contributed by atoms with Gasteiger partial charge in [-0.2, -0.15) is 0 Å². The van der Waals surface area contributed by atoms with Crippen LogP contribution in [0, 0.1) is 5.82 Å². The van der Waals surface area contributed by atoms with E-state index in [1.807, 2.05) is 4.90 Å². The normalized spacial score (nSPS) is 14.5. The van der Waals surface area contributed by atoms with Gasteiger partial charge in [0.25, 0.3) is 11.8 Å². The number of halogens is 1. The molecule has 2 aromatic rings. The molecule has 28 heavy (non-hydrogen) atoms. The standard InChI is InChI=1S/C20H21FN4O3/c21-15-7-5-14(6-8-15)20(28)25-11-9-24(10-12-25)13-18(26)23-17-4-2-1-3-16(17)19(22)27/h1-8H,9-13H2,(H2,22,27)(H,23,26). The quantitative estimate of drug-likeness (QED) is 0.813. The largest absolute Gasteiger partial charge is 0.366 e. The highest BCUT2D eigenvalue weighted by Gasteiger charge is 2.23. The van der Waals surface area contributed by atoms with Gasteiger partial charge >= 0.3 is 0 Å². The third-order valence-electron chi connectivity index (χ3n) is 4.58. The Labute approximate surface area is 161 Å². The summed E-state index contributed by atoms with van der Waals surface area (Å²) in [6, 6.07) is 12.0. The van der Waals surface area contributed by atoms with Gasteiger partial charge in [0.15, 0.2) is 0 Å². The number of carbonyl (C=O) groups excluding carboxylic acids is 3. The molecule has 1 aliphatic rings. The zero-order chi connectivity index (χ0) is 20.1. The van der Waals surface area contributed by atoms with Crippen molar-refractivity contribution in [1.82, 2.24) is 9.80 Å². The lowest BCUT2D eigenvalue weighted by atomic mass is 10.1. The topological polar surface area (TPSA) is 95.7 Å². The minimum absolute atomic E-state index is 0.145. The summed E-state index contributed by atoms with van der Waals surface area (Å²) in [6.07, 6.45) is 0. The maximum atomic E-state index is 13.0. The van der Waals surface area contributed by atoms with Gasteiger partial charge < -0.3 is 16.0 Å². The third kappa shape index (κ3) is 4.72. The van der Waals surface area contributed by atoms with Gasteiger partial charge in [0.1, 0.15) is 5.82 Å². The van der Waals surface area contributed by atoms with Gasteiger partial charge in [-0.15, -0.1) is 0 Å². The zero-order valence-electron chi connectivity index (χ0n) is 15.2. The van der Waals surface area contributed by atoms with Crippen molar-refractivity contribution in [1.29, 1.82) is 0 Å². The van der Waals surface area contributed by atoms with Gasteiger partial charge in [-0.1, -0.05) is 12.1 Å². The van der Waals surface area contributed by atoms with Crippen molar-refractivity contribution in [2.75, 3.05) is 38.0 Å². The van der Waals surface area contributed by atoms with E-state index in [1.165, 1.54) is 24.3 Å². The molecule has 0 radical (unpaired) electrons. The number of piperazine rings is 1. The van der Waals surface area contributed by atoms with E-state index in [1.54, 1.807) is 29.2 Å². The molecular formula is C20H21FN4O3. The summed E-state index contributed by atoms with van der Waals surface area (Å²) in [7, 11) is 0. The first-order chi connectivity index (χ1) is 13.4. The van der Waals surface area contributed by atoms with Gasteiger partial charge in [0.2, 0.25) is 5.91 Å². The van der Waals surface area contributed by atoms with Crippen molar-refractivity contribution in [3.63, 3.8) is 0 Å². The number of nitrogens with zero attached hydrogens (tertiary/aromatic N) is 2. The third-order valence-corrected chi connectivity index (χ3v) is 4.58. The molecule has 1 saturated heterocycles. The van der Waals surface area contributed by atoms with Gasteiger partial charge in [-0.25, -0.2) is 4.39 Å². The molecule has 1 fully saturated rings. The fourth-order valence-corrected chi connectivity index (χ4v) is 3.08. The van der Waals surface area contributed by atoms with Crippen molar-refractivity contribution in [2.24, 2.45) is 5.73 Å². The molecule has 0 saturated carbocycles. The summed E-state index contributed by atoms with van der Waals surface area (Å²) in [5.41, 5.74) is 6.39. The van der Waals surface area contributed by atoms with Crippen LogP contribution < -0.4 is 11.1 Å². The maximum Gasteiger partial charge on any atom is 0.253 e. The van der Waals surface area contributed by atoms with E-state index in [0.29, 0.717) is 37.4 Å². The second-order valence-electron chi connectivity index (χ2n) is 6.53. The van der Waals surface area contributed by atoms with E-state index in [4.69, 9.17) is 5.73 Å². The first-order valence-corrected chi connectivity index (χ1v) is 8.90. The molecule has 0 spiro atoms. The first-order valence-electron chi connectivity index (χ1n) is 8.90. The Balaban J connectivity index is 1.51. The summed E-state index contributed by atoms with van der Waals surface area (Å²) < 4.78 is 13.0. The van der Waals surface area contributed by atoms with Crippen LogP contribution in [-0.4, -0.2) is 60.2 Å². The summed E-state index contributed by atoms with van der Waals surface area (Å²) in [5, 5.41) is 2.71. The van der Waals surface area contributed by atoms with E-state index in [2.05, 4.69) is 5.32 Å². The molecule has 0 aromatic heterocycles. The van der Waals surface area contributed by atoms with Crippen LogP contribution in [0.15, 0.2) is 48.5 Å². The van der Waals surface area contributed by atoms with E-state index < -0.39 is 5.91 Å². The average molecular weight is 384 g/mol. The van der Waals surface area contributed by atoms with Crippen LogP contribution in [-0.2, 0) is 4.79 Å². The van der Waals surface area contributed by atoms with E-state index in [0.717, 1.165) is 0 Å². The van der Waals surface area contributed by atoms with Gasteiger partial charge in [0.05, 0.1) is 17.8 Å². The van der Waals surface area contributed by atoms with Crippen molar-refractivity contribution >= 4 is 23.4 Å². The Kier molecular flexibility index (Phi) is 6.00. The van der Waals surface area contributed by atoms with Crippen molar-refractivity contribution in [3.8, 4) is 0 Å². The molecule has 0 bridgehead atoms. The summed E-state index contributed by atoms with van der Waals surface area (Å²) in [4.78, 5) is 39.8. The molecule has 3 rings (SSSR count). The number of rotatable bonds is 5. The van der Waals surface area contributed by atoms with Gasteiger partial charge in [-0.3, -0.25) is 19.3 Å². The molecule has 2 aromatic carbocycles. The number of hydrogen-bond acceptors (Lipinski definition) is 4. The number of nitrogens with one attached hydrogen (secondary N) is 1. The lowest BCUT2D eigenvalue weighted by Gasteiger charge is -2.34. The number of hydrogen-bond donors (Lipinski definition) is 2.